The van der Waals surface area contributed by atoms with E-state index in [1.165, 1.54) is 6.42 Å². The summed E-state index contributed by atoms with van der Waals surface area (Å²) in [4.78, 5) is 16.7. The Hall–Kier alpha value is -0.450. The quantitative estimate of drug-likeness (QED) is 0.702. The van der Waals surface area contributed by atoms with Crippen LogP contribution in [0.25, 0.3) is 0 Å². The number of likely N-dealkylation sites (tertiary alicyclic amines) is 1. The van der Waals surface area contributed by atoms with E-state index in [-0.39, 0.29) is 6.04 Å². The van der Waals surface area contributed by atoms with Crippen LogP contribution in [0.2, 0.25) is 0 Å². The highest BCUT2D eigenvalue weighted by molar-refractivity contribution is 5.85. The fourth-order valence-corrected chi connectivity index (χ4v) is 3.48. The first-order chi connectivity index (χ1) is 8.34. The van der Waals surface area contributed by atoms with Crippen molar-refractivity contribution in [2.45, 2.75) is 37.8 Å². The lowest BCUT2D eigenvalue weighted by molar-refractivity contribution is -0.121. The number of nitrogens with zero attached hydrogens (tertiary/aromatic N) is 2. The van der Waals surface area contributed by atoms with Crippen LogP contribution in [-0.2, 0) is 9.53 Å². The fourth-order valence-electron chi connectivity index (χ4n) is 3.48. The SMILES string of the molecule is O=C1CCCC1N1CCC(N2CCOCC2)C1. The molecule has 0 N–H and O–H groups in total. The molecule has 0 radical (unpaired) electrons. The van der Waals surface area contributed by atoms with E-state index in [1.807, 2.05) is 0 Å². The minimum atomic E-state index is 0.251. The molecule has 2 unspecified atom stereocenters. The molecule has 2 heterocycles. The molecule has 17 heavy (non-hydrogen) atoms. The molecule has 1 aliphatic carbocycles. The lowest BCUT2D eigenvalue weighted by Gasteiger charge is -2.32. The van der Waals surface area contributed by atoms with Crippen molar-refractivity contribution in [3.05, 3.63) is 0 Å². The van der Waals surface area contributed by atoms with Gasteiger partial charge in [0, 0.05) is 38.6 Å². The highest BCUT2D eigenvalue weighted by Crippen LogP contribution is 2.26. The molecule has 4 nitrogen and oxygen atoms in total. The van der Waals surface area contributed by atoms with E-state index in [4.69, 9.17) is 4.74 Å². The zero-order valence-corrected chi connectivity index (χ0v) is 10.4. The Kier molecular flexibility index (Phi) is 3.45. The molecule has 2 aliphatic heterocycles. The monoisotopic (exact) mass is 238 g/mol. The molecule has 0 spiro atoms. The zero-order chi connectivity index (χ0) is 11.7. The van der Waals surface area contributed by atoms with Gasteiger partial charge in [-0.1, -0.05) is 0 Å². The van der Waals surface area contributed by atoms with Crippen LogP contribution in [0, 0.1) is 0 Å². The summed E-state index contributed by atoms with van der Waals surface area (Å²) >= 11 is 0. The standard InChI is InChI=1S/C13H22N2O2/c16-13-3-1-2-12(13)15-5-4-11(10-15)14-6-8-17-9-7-14/h11-12H,1-10H2. The average Bonchev–Trinajstić information content (AvgIpc) is 2.98. The number of carbonyl (C=O) groups excluding carboxylic acids is 1. The first-order valence-electron chi connectivity index (χ1n) is 6.93. The molecule has 0 amide bonds. The van der Waals surface area contributed by atoms with Crippen LogP contribution in [-0.4, -0.2) is 67.1 Å². The number of ether oxygens (including phenoxy) is 1. The minimum Gasteiger partial charge on any atom is -0.379 e. The van der Waals surface area contributed by atoms with Gasteiger partial charge in [-0.05, 0) is 19.3 Å². The van der Waals surface area contributed by atoms with Crippen LogP contribution >= 0.6 is 0 Å². The van der Waals surface area contributed by atoms with Gasteiger partial charge >= 0.3 is 0 Å². The molecule has 1 saturated carbocycles. The van der Waals surface area contributed by atoms with Crippen molar-refractivity contribution < 1.29 is 9.53 Å². The number of hydrogen-bond donors (Lipinski definition) is 0. The smallest absolute Gasteiger partial charge is 0.149 e. The van der Waals surface area contributed by atoms with Crippen LogP contribution in [0.4, 0.5) is 0 Å². The van der Waals surface area contributed by atoms with Crippen LogP contribution in [0.5, 0.6) is 0 Å². The summed E-state index contributed by atoms with van der Waals surface area (Å²) in [6.07, 6.45) is 4.23. The number of carbonyl (C=O) groups is 1. The van der Waals surface area contributed by atoms with Crippen molar-refractivity contribution in [1.29, 1.82) is 0 Å². The van der Waals surface area contributed by atoms with Crippen molar-refractivity contribution in [3.8, 4) is 0 Å². The first-order valence-corrected chi connectivity index (χ1v) is 6.93. The molecular formula is C13H22N2O2. The van der Waals surface area contributed by atoms with Crippen LogP contribution < -0.4 is 0 Å². The van der Waals surface area contributed by atoms with E-state index in [0.29, 0.717) is 11.8 Å². The summed E-state index contributed by atoms with van der Waals surface area (Å²) < 4.78 is 5.39. The first kappa shape index (κ1) is 11.6. The van der Waals surface area contributed by atoms with E-state index < -0.39 is 0 Å². The highest BCUT2D eigenvalue weighted by atomic mass is 16.5. The Morgan fingerprint density at radius 2 is 1.88 bits per heavy atom. The minimum absolute atomic E-state index is 0.251. The Morgan fingerprint density at radius 1 is 1.06 bits per heavy atom. The molecular weight excluding hydrogens is 216 g/mol. The van der Waals surface area contributed by atoms with Gasteiger partial charge in [0.15, 0.2) is 0 Å². The highest BCUT2D eigenvalue weighted by Gasteiger charge is 2.36. The molecule has 96 valence electrons. The molecule has 3 rings (SSSR count). The maximum atomic E-state index is 11.8. The van der Waals surface area contributed by atoms with Gasteiger partial charge in [-0.25, -0.2) is 0 Å². The van der Waals surface area contributed by atoms with E-state index in [0.717, 1.165) is 58.7 Å². The zero-order valence-electron chi connectivity index (χ0n) is 10.4. The number of hydrogen-bond acceptors (Lipinski definition) is 4. The third kappa shape index (κ3) is 2.39. The van der Waals surface area contributed by atoms with Gasteiger partial charge in [-0.3, -0.25) is 14.6 Å². The van der Waals surface area contributed by atoms with E-state index in [2.05, 4.69) is 9.80 Å². The fraction of sp³-hybridized carbons (Fsp3) is 0.923. The summed E-state index contributed by atoms with van der Waals surface area (Å²) in [5.41, 5.74) is 0. The predicted octanol–water partition coefficient (Wildman–Crippen LogP) is 0.514. The van der Waals surface area contributed by atoms with Gasteiger partial charge in [-0.2, -0.15) is 0 Å². The maximum Gasteiger partial charge on any atom is 0.149 e. The number of morpholine rings is 1. The summed E-state index contributed by atoms with van der Waals surface area (Å²) in [6, 6.07) is 0.911. The largest absolute Gasteiger partial charge is 0.379 e. The number of rotatable bonds is 2. The lowest BCUT2D eigenvalue weighted by Crippen LogP contribution is -2.46. The second kappa shape index (κ2) is 5.04. The van der Waals surface area contributed by atoms with E-state index in [9.17, 15) is 4.79 Å². The molecule has 3 aliphatic rings. The topological polar surface area (TPSA) is 32.8 Å². The number of ketones is 1. The molecule has 0 bridgehead atoms. The normalized spacial score (nSPS) is 36.8. The molecule has 0 aromatic heterocycles. The van der Waals surface area contributed by atoms with Crippen LogP contribution in [0.1, 0.15) is 25.7 Å². The Labute approximate surface area is 103 Å². The van der Waals surface area contributed by atoms with Crippen molar-refractivity contribution in [1.82, 2.24) is 9.80 Å². The van der Waals surface area contributed by atoms with Crippen LogP contribution in [0.3, 0.4) is 0 Å². The summed E-state index contributed by atoms with van der Waals surface area (Å²) in [5.74, 6) is 0.479. The molecule has 3 fully saturated rings. The molecule has 2 saturated heterocycles. The van der Waals surface area contributed by atoms with Crippen molar-refractivity contribution >= 4 is 5.78 Å². The molecule has 0 aromatic carbocycles. The third-order valence-electron chi connectivity index (χ3n) is 4.47. The predicted molar refractivity (Wildman–Crippen MR) is 65.0 cm³/mol. The Balaban J connectivity index is 1.55. The lowest BCUT2D eigenvalue weighted by atomic mass is 10.2. The average molecular weight is 238 g/mol. The van der Waals surface area contributed by atoms with Crippen molar-refractivity contribution in [2.75, 3.05) is 39.4 Å². The summed E-state index contributed by atoms with van der Waals surface area (Å²) in [7, 11) is 0. The summed E-state index contributed by atoms with van der Waals surface area (Å²) in [6.45, 7) is 6.08. The van der Waals surface area contributed by atoms with Crippen molar-refractivity contribution in [2.24, 2.45) is 0 Å². The number of Topliss-reactive ketones (excluding diaryl/α,β-unsaturated/α-hetero) is 1. The van der Waals surface area contributed by atoms with Gasteiger partial charge in [0.05, 0.1) is 19.3 Å². The third-order valence-corrected chi connectivity index (χ3v) is 4.47. The van der Waals surface area contributed by atoms with Gasteiger partial charge in [0.1, 0.15) is 5.78 Å². The summed E-state index contributed by atoms with van der Waals surface area (Å²) in [5, 5.41) is 0. The maximum absolute atomic E-state index is 11.8. The second-order valence-electron chi connectivity index (χ2n) is 5.46. The Bertz CT molecular complexity index is 289. The van der Waals surface area contributed by atoms with Crippen molar-refractivity contribution in [3.63, 3.8) is 0 Å². The van der Waals surface area contributed by atoms with Gasteiger partial charge in [0.2, 0.25) is 0 Å². The van der Waals surface area contributed by atoms with Gasteiger partial charge < -0.3 is 4.74 Å². The van der Waals surface area contributed by atoms with Gasteiger partial charge in [-0.15, -0.1) is 0 Å². The van der Waals surface area contributed by atoms with Crippen LogP contribution in [0.15, 0.2) is 0 Å². The molecule has 0 aromatic rings. The van der Waals surface area contributed by atoms with E-state index in [1.54, 1.807) is 0 Å². The Morgan fingerprint density at radius 3 is 2.59 bits per heavy atom. The molecule has 4 heteroatoms. The second-order valence-corrected chi connectivity index (χ2v) is 5.46. The van der Waals surface area contributed by atoms with E-state index >= 15 is 0 Å². The molecule has 2 atom stereocenters. The van der Waals surface area contributed by atoms with Gasteiger partial charge in [0.25, 0.3) is 0 Å².